The first-order valence-electron chi connectivity index (χ1n) is 5.88. The summed E-state index contributed by atoms with van der Waals surface area (Å²) in [6.07, 6.45) is -3.84. The Hall–Kier alpha value is -1.72. The Morgan fingerprint density at radius 3 is 2.37 bits per heavy atom. The average Bonchev–Trinajstić information content (AvgIpc) is 2.36. The molecule has 6 heteroatoms. The van der Waals surface area contributed by atoms with Crippen molar-refractivity contribution in [2.75, 3.05) is 13.2 Å². The SMILES string of the molecule is CC(CC=O)c1cc2c(cc1C(F)(F)F)OCCO2. The van der Waals surface area contributed by atoms with Gasteiger partial charge in [0.05, 0.1) is 5.56 Å². The lowest BCUT2D eigenvalue weighted by Crippen LogP contribution is -2.18. The van der Waals surface area contributed by atoms with Crippen molar-refractivity contribution in [3.8, 4) is 11.5 Å². The van der Waals surface area contributed by atoms with Crippen molar-refractivity contribution in [2.45, 2.75) is 25.4 Å². The molecule has 0 aliphatic carbocycles. The zero-order valence-electron chi connectivity index (χ0n) is 10.3. The number of hydrogen-bond donors (Lipinski definition) is 0. The summed E-state index contributed by atoms with van der Waals surface area (Å²) in [5.74, 6) is -0.127. The van der Waals surface area contributed by atoms with Crippen LogP contribution in [-0.4, -0.2) is 19.5 Å². The molecule has 1 unspecified atom stereocenters. The number of ether oxygens (including phenoxy) is 2. The summed E-state index contributed by atoms with van der Waals surface area (Å²) < 4.78 is 49.5. The fraction of sp³-hybridized carbons (Fsp3) is 0.462. The molecule has 104 valence electrons. The van der Waals surface area contributed by atoms with E-state index in [4.69, 9.17) is 9.47 Å². The first-order chi connectivity index (χ1) is 8.93. The maximum atomic E-state index is 13.0. The molecule has 0 amide bonds. The van der Waals surface area contributed by atoms with Crippen LogP contribution in [0, 0.1) is 0 Å². The Bertz CT molecular complexity index is 483. The van der Waals surface area contributed by atoms with E-state index < -0.39 is 17.7 Å². The number of hydrogen-bond acceptors (Lipinski definition) is 3. The summed E-state index contributed by atoms with van der Waals surface area (Å²) in [6, 6.07) is 2.27. The van der Waals surface area contributed by atoms with E-state index in [0.29, 0.717) is 18.6 Å². The zero-order chi connectivity index (χ0) is 14.0. The molecule has 1 aromatic carbocycles. The molecule has 0 spiro atoms. The average molecular weight is 274 g/mol. The Morgan fingerprint density at radius 2 is 1.84 bits per heavy atom. The number of alkyl halides is 3. The van der Waals surface area contributed by atoms with E-state index in [9.17, 15) is 18.0 Å². The highest BCUT2D eigenvalue weighted by Crippen LogP contribution is 2.43. The van der Waals surface area contributed by atoms with Gasteiger partial charge in [0.2, 0.25) is 0 Å². The third kappa shape index (κ3) is 2.83. The molecule has 0 saturated carbocycles. The number of halogens is 3. The molecule has 1 heterocycles. The van der Waals surface area contributed by atoms with Crippen molar-refractivity contribution in [3.63, 3.8) is 0 Å². The first kappa shape index (κ1) is 13.7. The first-order valence-corrected chi connectivity index (χ1v) is 5.88. The third-order valence-corrected chi connectivity index (χ3v) is 3.00. The van der Waals surface area contributed by atoms with Gasteiger partial charge in [0.1, 0.15) is 19.5 Å². The molecule has 19 heavy (non-hydrogen) atoms. The monoisotopic (exact) mass is 274 g/mol. The van der Waals surface area contributed by atoms with Crippen molar-refractivity contribution >= 4 is 6.29 Å². The number of carbonyl (C=O) groups is 1. The van der Waals surface area contributed by atoms with Crippen LogP contribution >= 0.6 is 0 Å². The maximum Gasteiger partial charge on any atom is 0.416 e. The highest BCUT2D eigenvalue weighted by atomic mass is 19.4. The van der Waals surface area contributed by atoms with E-state index in [1.807, 2.05) is 0 Å². The van der Waals surface area contributed by atoms with E-state index in [1.165, 1.54) is 6.07 Å². The van der Waals surface area contributed by atoms with Gasteiger partial charge in [-0.3, -0.25) is 0 Å². The van der Waals surface area contributed by atoms with E-state index in [-0.39, 0.29) is 24.3 Å². The summed E-state index contributed by atoms with van der Waals surface area (Å²) in [7, 11) is 0. The Labute approximate surface area is 108 Å². The lowest BCUT2D eigenvalue weighted by molar-refractivity contribution is -0.138. The van der Waals surface area contributed by atoms with Crippen LogP contribution in [0.15, 0.2) is 12.1 Å². The van der Waals surface area contributed by atoms with Gasteiger partial charge in [0.15, 0.2) is 11.5 Å². The van der Waals surface area contributed by atoms with Crippen LogP contribution in [0.4, 0.5) is 13.2 Å². The van der Waals surface area contributed by atoms with Gasteiger partial charge >= 0.3 is 6.18 Å². The van der Waals surface area contributed by atoms with Crippen LogP contribution in [0.5, 0.6) is 11.5 Å². The second-order valence-corrected chi connectivity index (χ2v) is 4.38. The normalized spacial score (nSPS) is 16.0. The summed E-state index contributed by atoms with van der Waals surface area (Å²) in [5, 5.41) is 0. The van der Waals surface area contributed by atoms with Gasteiger partial charge in [-0.15, -0.1) is 0 Å². The van der Waals surface area contributed by atoms with Gasteiger partial charge in [-0.25, -0.2) is 0 Å². The van der Waals surface area contributed by atoms with Crippen molar-refractivity contribution in [1.82, 2.24) is 0 Å². The highest BCUT2D eigenvalue weighted by Gasteiger charge is 2.36. The van der Waals surface area contributed by atoms with Gasteiger partial charge in [0.25, 0.3) is 0 Å². The molecule has 1 atom stereocenters. The molecule has 1 aliphatic heterocycles. The van der Waals surface area contributed by atoms with Gasteiger partial charge < -0.3 is 14.3 Å². The number of fused-ring (bicyclic) bond motifs is 1. The Kier molecular flexibility index (Phi) is 3.68. The quantitative estimate of drug-likeness (QED) is 0.794. The summed E-state index contributed by atoms with van der Waals surface area (Å²) in [6.45, 7) is 2.11. The Morgan fingerprint density at radius 1 is 1.26 bits per heavy atom. The lowest BCUT2D eigenvalue weighted by Gasteiger charge is -2.23. The Balaban J connectivity index is 2.52. The minimum absolute atomic E-state index is 0.0305. The van der Waals surface area contributed by atoms with Crippen LogP contribution in [0.3, 0.4) is 0 Å². The number of rotatable bonds is 3. The predicted molar refractivity (Wildman–Crippen MR) is 61.5 cm³/mol. The molecule has 0 aromatic heterocycles. The van der Waals surface area contributed by atoms with E-state index in [1.54, 1.807) is 6.92 Å². The van der Waals surface area contributed by atoms with Gasteiger partial charge in [-0.2, -0.15) is 13.2 Å². The van der Waals surface area contributed by atoms with Crippen LogP contribution in [-0.2, 0) is 11.0 Å². The molecule has 0 saturated heterocycles. The molecule has 3 nitrogen and oxygen atoms in total. The second kappa shape index (κ2) is 5.11. The number of aldehydes is 1. The topological polar surface area (TPSA) is 35.5 Å². The molecule has 2 rings (SSSR count). The zero-order valence-corrected chi connectivity index (χ0v) is 10.3. The standard InChI is InChI=1S/C13H13F3O3/c1-8(2-3-17)9-6-11-12(19-5-4-18-11)7-10(9)13(14,15)16/h3,6-8H,2,4-5H2,1H3. The predicted octanol–water partition coefficient (Wildman–Crippen LogP) is 3.17. The second-order valence-electron chi connectivity index (χ2n) is 4.38. The highest BCUT2D eigenvalue weighted by molar-refractivity contribution is 5.55. The largest absolute Gasteiger partial charge is 0.486 e. The number of carbonyl (C=O) groups excluding carboxylic acids is 1. The van der Waals surface area contributed by atoms with Crippen molar-refractivity contribution in [3.05, 3.63) is 23.3 Å². The molecule has 1 aromatic rings. The summed E-state index contributed by atoms with van der Waals surface area (Å²) in [5.41, 5.74) is -0.713. The van der Waals surface area contributed by atoms with E-state index in [2.05, 4.69) is 0 Å². The maximum absolute atomic E-state index is 13.0. The van der Waals surface area contributed by atoms with E-state index >= 15 is 0 Å². The minimum atomic E-state index is -4.48. The smallest absolute Gasteiger partial charge is 0.416 e. The molecular formula is C13H13F3O3. The van der Waals surface area contributed by atoms with Gasteiger partial charge in [0, 0.05) is 6.42 Å². The molecule has 0 radical (unpaired) electrons. The molecule has 0 fully saturated rings. The summed E-state index contributed by atoms with van der Waals surface area (Å²) in [4.78, 5) is 10.5. The van der Waals surface area contributed by atoms with Crippen molar-refractivity contribution in [1.29, 1.82) is 0 Å². The fourth-order valence-corrected chi connectivity index (χ4v) is 2.03. The third-order valence-electron chi connectivity index (χ3n) is 3.00. The van der Waals surface area contributed by atoms with Crippen LogP contribution < -0.4 is 9.47 Å². The summed E-state index contributed by atoms with van der Waals surface area (Å²) >= 11 is 0. The molecule has 0 bridgehead atoms. The molecule has 0 N–H and O–H groups in total. The van der Waals surface area contributed by atoms with Crippen molar-refractivity contribution in [2.24, 2.45) is 0 Å². The van der Waals surface area contributed by atoms with Crippen LogP contribution in [0.25, 0.3) is 0 Å². The van der Waals surface area contributed by atoms with E-state index in [0.717, 1.165) is 6.07 Å². The fourth-order valence-electron chi connectivity index (χ4n) is 2.03. The van der Waals surface area contributed by atoms with Crippen LogP contribution in [0.1, 0.15) is 30.4 Å². The molecular weight excluding hydrogens is 261 g/mol. The molecule has 1 aliphatic rings. The van der Waals surface area contributed by atoms with Crippen LogP contribution in [0.2, 0.25) is 0 Å². The lowest BCUT2D eigenvalue weighted by atomic mass is 9.92. The minimum Gasteiger partial charge on any atom is -0.486 e. The van der Waals surface area contributed by atoms with Crippen molar-refractivity contribution < 1.29 is 27.4 Å². The van der Waals surface area contributed by atoms with Gasteiger partial charge in [-0.1, -0.05) is 6.92 Å². The number of benzene rings is 1. The van der Waals surface area contributed by atoms with Gasteiger partial charge in [-0.05, 0) is 23.6 Å².